The van der Waals surface area contributed by atoms with Crippen LogP contribution in [0, 0.1) is 5.92 Å². The number of methoxy groups -OCH3 is 1. The number of ether oxygens (including phenoxy) is 2. The van der Waals surface area contributed by atoms with Crippen molar-refractivity contribution in [3.8, 4) is 11.5 Å². The number of amides is 3. The molecule has 1 aromatic heterocycles. The van der Waals surface area contributed by atoms with E-state index in [1.165, 1.54) is 11.0 Å². The summed E-state index contributed by atoms with van der Waals surface area (Å²) < 4.78 is 16.2. The van der Waals surface area contributed by atoms with E-state index in [9.17, 15) is 14.4 Å². The van der Waals surface area contributed by atoms with Crippen LogP contribution in [0.15, 0.2) is 71.1 Å². The number of nitrogens with one attached hydrogen (secondary N) is 2. The van der Waals surface area contributed by atoms with Gasteiger partial charge in [-0.05, 0) is 36.4 Å². The molecule has 9 nitrogen and oxygen atoms in total. The fourth-order valence-corrected chi connectivity index (χ4v) is 3.44. The molecule has 0 bridgehead atoms. The van der Waals surface area contributed by atoms with Gasteiger partial charge in [-0.2, -0.15) is 0 Å². The van der Waals surface area contributed by atoms with Crippen LogP contribution in [-0.2, 0) is 16.2 Å². The lowest BCUT2D eigenvalue weighted by Gasteiger charge is -2.17. The molecule has 0 spiro atoms. The minimum Gasteiger partial charge on any atom is -0.497 e. The molecule has 33 heavy (non-hydrogen) atoms. The predicted molar refractivity (Wildman–Crippen MR) is 119 cm³/mol. The molecule has 1 saturated heterocycles. The average Bonchev–Trinajstić information content (AvgIpc) is 3.48. The molecule has 0 saturated carbocycles. The number of hydrogen-bond donors (Lipinski definition) is 2. The second-order valence-electron chi connectivity index (χ2n) is 7.42. The third-order valence-electron chi connectivity index (χ3n) is 5.17. The Bertz CT molecular complexity index is 1140. The van der Waals surface area contributed by atoms with Gasteiger partial charge in [-0.15, -0.1) is 0 Å². The van der Waals surface area contributed by atoms with Gasteiger partial charge in [-0.3, -0.25) is 25.2 Å². The zero-order chi connectivity index (χ0) is 23.2. The van der Waals surface area contributed by atoms with Gasteiger partial charge in [0.05, 0.1) is 13.0 Å². The van der Waals surface area contributed by atoms with Crippen molar-refractivity contribution in [3.63, 3.8) is 0 Å². The number of hydrogen-bond acceptors (Lipinski definition) is 6. The first-order valence-corrected chi connectivity index (χ1v) is 10.3. The molecule has 170 valence electrons. The van der Waals surface area contributed by atoms with Gasteiger partial charge in [0.25, 0.3) is 0 Å². The lowest BCUT2D eigenvalue weighted by molar-refractivity contribution is -0.126. The highest BCUT2D eigenvalue weighted by Gasteiger charge is 2.35. The van der Waals surface area contributed by atoms with Gasteiger partial charge in [0, 0.05) is 24.7 Å². The molecule has 9 heteroatoms. The van der Waals surface area contributed by atoms with Gasteiger partial charge in [0.1, 0.15) is 23.9 Å². The molecule has 1 aliphatic rings. The van der Waals surface area contributed by atoms with E-state index in [0.29, 0.717) is 22.9 Å². The van der Waals surface area contributed by atoms with Crippen molar-refractivity contribution < 1.29 is 28.3 Å². The zero-order valence-corrected chi connectivity index (χ0v) is 17.9. The fourth-order valence-electron chi connectivity index (χ4n) is 3.44. The summed E-state index contributed by atoms with van der Waals surface area (Å²) in [5.74, 6) is -0.0503. The van der Waals surface area contributed by atoms with Crippen molar-refractivity contribution in [2.24, 2.45) is 5.92 Å². The van der Waals surface area contributed by atoms with Gasteiger partial charge in [-0.1, -0.05) is 24.3 Å². The van der Waals surface area contributed by atoms with Gasteiger partial charge < -0.3 is 18.8 Å². The van der Waals surface area contributed by atoms with E-state index < -0.39 is 17.7 Å². The number of furan rings is 1. The van der Waals surface area contributed by atoms with Crippen molar-refractivity contribution in [2.45, 2.75) is 13.0 Å². The van der Waals surface area contributed by atoms with Crippen LogP contribution in [0.1, 0.15) is 22.7 Å². The minimum absolute atomic E-state index is 0.0301. The Kier molecular flexibility index (Phi) is 6.58. The first-order chi connectivity index (χ1) is 16.0. The van der Waals surface area contributed by atoms with Crippen LogP contribution in [0.5, 0.6) is 11.5 Å². The quantitative estimate of drug-likeness (QED) is 0.537. The molecule has 1 aliphatic heterocycles. The smallest absolute Gasteiger partial charge is 0.305 e. The number of anilines is 1. The summed E-state index contributed by atoms with van der Waals surface area (Å²) in [6, 6.07) is 19.4. The number of rotatable bonds is 7. The molecule has 1 unspecified atom stereocenters. The van der Waals surface area contributed by atoms with Crippen molar-refractivity contribution in [3.05, 3.63) is 78.3 Å². The highest BCUT2D eigenvalue weighted by molar-refractivity contribution is 6.01. The Hall–Kier alpha value is -4.27. The molecule has 2 heterocycles. The topological polar surface area (TPSA) is 110 Å². The third kappa shape index (κ3) is 5.32. The number of nitrogens with zero attached hydrogens (tertiary/aromatic N) is 1. The van der Waals surface area contributed by atoms with Crippen LogP contribution in [0.2, 0.25) is 0 Å². The maximum atomic E-state index is 12.5. The number of carbonyl (C=O) groups is 3. The summed E-state index contributed by atoms with van der Waals surface area (Å²) >= 11 is 0. The molecule has 3 aromatic rings. The highest BCUT2D eigenvalue weighted by atomic mass is 16.5. The number of benzene rings is 2. The SMILES string of the molecule is COc1cccc(N2CC(C(=O)NNC(=O)c3ccc(COc4ccccc4)o3)CC2=O)c1. The molecule has 0 radical (unpaired) electrons. The van der Waals surface area contributed by atoms with E-state index in [-0.39, 0.29) is 31.2 Å². The average molecular weight is 449 g/mol. The lowest BCUT2D eigenvalue weighted by Crippen LogP contribution is -2.45. The van der Waals surface area contributed by atoms with Gasteiger partial charge in [-0.25, -0.2) is 0 Å². The van der Waals surface area contributed by atoms with Crippen LogP contribution in [-0.4, -0.2) is 31.4 Å². The maximum absolute atomic E-state index is 12.5. The standard InChI is InChI=1S/C24H23N3O6/c1-31-19-9-5-6-17(13-19)27-14-16(12-22(27)28)23(29)25-26-24(30)21-11-10-20(33-21)15-32-18-7-3-2-4-8-18/h2-11,13,16H,12,14-15H2,1H3,(H,25,29)(H,26,30). The van der Waals surface area contributed by atoms with Gasteiger partial charge in [0.15, 0.2) is 5.76 Å². The van der Waals surface area contributed by atoms with Crippen LogP contribution in [0.4, 0.5) is 5.69 Å². The molecular weight excluding hydrogens is 426 g/mol. The monoisotopic (exact) mass is 449 g/mol. The molecule has 1 atom stereocenters. The molecule has 1 fully saturated rings. The van der Waals surface area contributed by atoms with Crippen LogP contribution >= 0.6 is 0 Å². The summed E-state index contributed by atoms with van der Waals surface area (Å²) in [6.07, 6.45) is 0.0423. The first-order valence-electron chi connectivity index (χ1n) is 10.3. The Morgan fingerprint density at radius 3 is 2.61 bits per heavy atom. The summed E-state index contributed by atoms with van der Waals surface area (Å²) in [4.78, 5) is 38.8. The summed E-state index contributed by atoms with van der Waals surface area (Å²) in [7, 11) is 1.54. The molecule has 0 aliphatic carbocycles. The number of hydrazine groups is 1. The van der Waals surface area contributed by atoms with Gasteiger partial charge >= 0.3 is 5.91 Å². The normalized spacial score (nSPS) is 15.2. The fraction of sp³-hybridized carbons (Fsp3) is 0.208. The van der Waals surface area contributed by atoms with E-state index in [2.05, 4.69) is 10.9 Å². The van der Waals surface area contributed by atoms with Crippen LogP contribution < -0.4 is 25.2 Å². The lowest BCUT2D eigenvalue weighted by atomic mass is 10.1. The van der Waals surface area contributed by atoms with Crippen molar-refractivity contribution in [2.75, 3.05) is 18.6 Å². The predicted octanol–water partition coefficient (Wildman–Crippen LogP) is 2.68. The molecule has 4 rings (SSSR count). The van der Waals surface area contributed by atoms with E-state index in [4.69, 9.17) is 13.9 Å². The largest absolute Gasteiger partial charge is 0.497 e. The Morgan fingerprint density at radius 2 is 1.82 bits per heavy atom. The maximum Gasteiger partial charge on any atom is 0.305 e. The van der Waals surface area contributed by atoms with Crippen LogP contribution in [0.3, 0.4) is 0 Å². The summed E-state index contributed by atoms with van der Waals surface area (Å²) in [5, 5.41) is 0. The second-order valence-corrected chi connectivity index (χ2v) is 7.42. The number of para-hydroxylation sites is 1. The second kappa shape index (κ2) is 9.90. The van der Waals surface area contributed by atoms with Crippen molar-refractivity contribution in [1.82, 2.24) is 10.9 Å². The van der Waals surface area contributed by atoms with E-state index >= 15 is 0 Å². The first kappa shape index (κ1) is 21.9. The highest BCUT2D eigenvalue weighted by Crippen LogP contribution is 2.27. The molecule has 3 amide bonds. The zero-order valence-electron chi connectivity index (χ0n) is 17.9. The Balaban J connectivity index is 1.28. The molecule has 2 aromatic carbocycles. The van der Waals surface area contributed by atoms with Crippen molar-refractivity contribution in [1.29, 1.82) is 0 Å². The van der Waals surface area contributed by atoms with Crippen molar-refractivity contribution >= 4 is 23.4 Å². The van der Waals surface area contributed by atoms with Gasteiger partial charge in [0.2, 0.25) is 11.8 Å². The third-order valence-corrected chi connectivity index (χ3v) is 5.17. The van der Waals surface area contributed by atoms with Crippen LogP contribution in [0.25, 0.3) is 0 Å². The van der Waals surface area contributed by atoms with E-state index in [1.807, 2.05) is 30.3 Å². The Morgan fingerprint density at radius 1 is 1.03 bits per heavy atom. The summed E-state index contributed by atoms with van der Waals surface area (Å²) in [6.45, 7) is 0.364. The minimum atomic E-state index is -0.608. The van der Waals surface area contributed by atoms with E-state index in [1.54, 1.807) is 37.4 Å². The molecule has 2 N–H and O–H groups in total. The summed E-state index contributed by atoms with van der Waals surface area (Å²) in [5.41, 5.74) is 5.35. The Labute approximate surface area is 190 Å². The van der Waals surface area contributed by atoms with E-state index in [0.717, 1.165) is 0 Å². The number of carbonyl (C=O) groups excluding carboxylic acids is 3. The molecular formula is C24H23N3O6.